The Morgan fingerprint density at radius 1 is 0.714 bits per heavy atom. The van der Waals surface area contributed by atoms with Gasteiger partial charge in [-0.15, -0.1) is 0 Å². The second-order valence-corrected chi connectivity index (χ2v) is 7.23. The van der Waals surface area contributed by atoms with Gasteiger partial charge in [-0.1, -0.05) is 97.3 Å². The van der Waals surface area contributed by atoms with Gasteiger partial charge in [0, 0.05) is 0 Å². The number of rotatable bonds is 14. The van der Waals surface area contributed by atoms with Crippen LogP contribution < -0.4 is 5.32 Å². The van der Waals surface area contributed by atoms with Crippen molar-refractivity contribution < 1.29 is 0 Å². The fraction of sp³-hybridized carbons (Fsp3) is 1.00. The average Bonchev–Trinajstić information content (AvgIpc) is 2.94. The molecule has 1 aliphatic rings. The summed E-state index contributed by atoms with van der Waals surface area (Å²) in [5, 5.41) is 3.56. The molecule has 2 atom stereocenters. The van der Waals surface area contributed by atoms with Crippen molar-refractivity contribution in [2.24, 2.45) is 11.8 Å². The third kappa shape index (κ3) is 9.55. The highest BCUT2D eigenvalue weighted by Gasteiger charge is 2.25. The van der Waals surface area contributed by atoms with Crippen LogP contribution in [0.15, 0.2) is 0 Å². The zero-order valence-corrected chi connectivity index (χ0v) is 15.0. The molecule has 0 spiro atoms. The van der Waals surface area contributed by atoms with Crippen LogP contribution in [0, 0.1) is 11.8 Å². The van der Waals surface area contributed by atoms with E-state index < -0.39 is 0 Å². The molecule has 1 nitrogen and oxygen atoms in total. The Kier molecular flexibility index (Phi) is 12.3. The van der Waals surface area contributed by atoms with E-state index in [1.54, 1.807) is 0 Å². The largest absolute Gasteiger partial charge is 0.317 e. The highest BCUT2D eigenvalue weighted by molar-refractivity contribution is 4.78. The summed E-state index contributed by atoms with van der Waals surface area (Å²) in [4.78, 5) is 0. The zero-order chi connectivity index (χ0) is 15.2. The number of nitrogens with one attached hydrogen (secondary N) is 1. The molecule has 2 unspecified atom stereocenters. The molecule has 126 valence electrons. The summed E-state index contributed by atoms with van der Waals surface area (Å²) in [6.07, 6.45) is 20.6. The summed E-state index contributed by atoms with van der Waals surface area (Å²) < 4.78 is 0. The molecular weight excluding hydrogens is 254 g/mol. The summed E-state index contributed by atoms with van der Waals surface area (Å²) in [7, 11) is 0. The van der Waals surface area contributed by atoms with Crippen LogP contribution in [0.3, 0.4) is 0 Å². The Labute approximate surface area is 134 Å². The molecule has 1 heteroatoms. The molecule has 0 aliphatic heterocycles. The highest BCUT2D eigenvalue weighted by atomic mass is 14.8. The van der Waals surface area contributed by atoms with E-state index in [-0.39, 0.29) is 0 Å². The fourth-order valence-electron chi connectivity index (χ4n) is 3.99. The fourth-order valence-corrected chi connectivity index (χ4v) is 3.99. The highest BCUT2D eigenvalue weighted by Crippen LogP contribution is 2.35. The first-order valence-corrected chi connectivity index (χ1v) is 10.1. The van der Waals surface area contributed by atoms with E-state index in [0.717, 1.165) is 18.4 Å². The van der Waals surface area contributed by atoms with Crippen LogP contribution in [0.2, 0.25) is 0 Å². The molecular formula is C20H41N. The molecule has 0 aromatic heterocycles. The molecule has 21 heavy (non-hydrogen) atoms. The second kappa shape index (κ2) is 13.6. The Morgan fingerprint density at radius 2 is 1.29 bits per heavy atom. The van der Waals surface area contributed by atoms with Crippen molar-refractivity contribution in [3.8, 4) is 0 Å². The lowest BCUT2D eigenvalue weighted by Crippen LogP contribution is -2.25. The lowest BCUT2D eigenvalue weighted by molar-refractivity contribution is 0.338. The maximum atomic E-state index is 3.56. The number of hydrogen-bond donors (Lipinski definition) is 1. The normalized spacial score (nSPS) is 22.0. The summed E-state index contributed by atoms with van der Waals surface area (Å²) in [5.74, 6) is 2.03. The minimum atomic E-state index is 0.989. The van der Waals surface area contributed by atoms with Gasteiger partial charge in [0.2, 0.25) is 0 Å². The minimum absolute atomic E-state index is 0.989. The summed E-state index contributed by atoms with van der Waals surface area (Å²) in [5.41, 5.74) is 0. The molecule has 1 N–H and O–H groups in total. The summed E-state index contributed by atoms with van der Waals surface area (Å²) in [6, 6.07) is 0. The van der Waals surface area contributed by atoms with Crippen molar-refractivity contribution in [1.29, 1.82) is 0 Å². The van der Waals surface area contributed by atoms with Gasteiger partial charge in [0.25, 0.3) is 0 Å². The van der Waals surface area contributed by atoms with Gasteiger partial charge in [-0.05, 0) is 31.3 Å². The SMILES string of the molecule is CCCCCCCCCCCCC1CCCC1CNCC. The third-order valence-corrected chi connectivity index (χ3v) is 5.40. The number of hydrogen-bond acceptors (Lipinski definition) is 1. The molecule has 1 rings (SSSR count). The predicted octanol–water partition coefficient (Wildman–Crippen LogP) is 6.32. The molecule has 0 heterocycles. The van der Waals surface area contributed by atoms with Crippen molar-refractivity contribution in [3.63, 3.8) is 0 Å². The molecule has 0 saturated heterocycles. The number of unbranched alkanes of at least 4 members (excludes halogenated alkanes) is 9. The molecule has 1 aliphatic carbocycles. The minimum Gasteiger partial charge on any atom is -0.317 e. The molecule has 1 saturated carbocycles. The van der Waals surface area contributed by atoms with Crippen LogP contribution >= 0.6 is 0 Å². The van der Waals surface area contributed by atoms with Crippen molar-refractivity contribution in [1.82, 2.24) is 5.32 Å². The van der Waals surface area contributed by atoms with Gasteiger partial charge in [0.15, 0.2) is 0 Å². The van der Waals surface area contributed by atoms with E-state index >= 15 is 0 Å². The predicted molar refractivity (Wildman–Crippen MR) is 95.8 cm³/mol. The lowest BCUT2D eigenvalue weighted by atomic mass is 9.90. The average molecular weight is 296 g/mol. The quantitative estimate of drug-likeness (QED) is 0.370. The Hall–Kier alpha value is -0.0400. The monoisotopic (exact) mass is 295 g/mol. The van der Waals surface area contributed by atoms with Crippen molar-refractivity contribution in [2.75, 3.05) is 13.1 Å². The maximum absolute atomic E-state index is 3.56. The van der Waals surface area contributed by atoms with Crippen LogP contribution in [0.4, 0.5) is 0 Å². The first kappa shape index (κ1) is 19.0. The Balaban J connectivity index is 1.87. The van der Waals surface area contributed by atoms with Crippen molar-refractivity contribution >= 4 is 0 Å². The summed E-state index contributed by atoms with van der Waals surface area (Å²) >= 11 is 0. The van der Waals surface area contributed by atoms with E-state index in [2.05, 4.69) is 19.2 Å². The van der Waals surface area contributed by atoms with Gasteiger partial charge < -0.3 is 5.32 Å². The Bertz CT molecular complexity index is 214. The van der Waals surface area contributed by atoms with Crippen LogP contribution in [0.25, 0.3) is 0 Å². The van der Waals surface area contributed by atoms with Crippen LogP contribution in [-0.2, 0) is 0 Å². The molecule has 1 fully saturated rings. The van der Waals surface area contributed by atoms with Gasteiger partial charge in [0.1, 0.15) is 0 Å². The van der Waals surface area contributed by atoms with E-state index in [4.69, 9.17) is 0 Å². The Morgan fingerprint density at radius 3 is 1.90 bits per heavy atom. The first-order valence-electron chi connectivity index (χ1n) is 10.1. The third-order valence-electron chi connectivity index (χ3n) is 5.40. The van der Waals surface area contributed by atoms with Crippen molar-refractivity contribution in [2.45, 2.75) is 104 Å². The maximum Gasteiger partial charge on any atom is -0.00180 e. The molecule has 0 aromatic rings. The van der Waals surface area contributed by atoms with Gasteiger partial charge in [-0.2, -0.15) is 0 Å². The van der Waals surface area contributed by atoms with Crippen LogP contribution in [-0.4, -0.2) is 13.1 Å². The van der Waals surface area contributed by atoms with Crippen molar-refractivity contribution in [3.05, 3.63) is 0 Å². The second-order valence-electron chi connectivity index (χ2n) is 7.23. The van der Waals surface area contributed by atoms with Gasteiger partial charge >= 0.3 is 0 Å². The first-order chi connectivity index (χ1) is 10.4. The van der Waals surface area contributed by atoms with Gasteiger partial charge in [0.05, 0.1) is 0 Å². The smallest absolute Gasteiger partial charge is 0.00180 e. The van der Waals surface area contributed by atoms with Gasteiger partial charge in [-0.3, -0.25) is 0 Å². The van der Waals surface area contributed by atoms with E-state index in [9.17, 15) is 0 Å². The standard InChI is InChI=1S/C20H41N/c1-3-5-6-7-8-9-10-11-12-13-15-19-16-14-17-20(19)18-21-4-2/h19-21H,3-18H2,1-2H3. The van der Waals surface area contributed by atoms with Gasteiger partial charge in [-0.25, -0.2) is 0 Å². The summed E-state index contributed by atoms with van der Waals surface area (Å²) in [6.45, 7) is 6.94. The van der Waals surface area contributed by atoms with E-state index in [0.29, 0.717) is 0 Å². The molecule has 0 amide bonds. The van der Waals surface area contributed by atoms with E-state index in [1.165, 1.54) is 96.4 Å². The molecule has 0 aromatic carbocycles. The van der Waals surface area contributed by atoms with Crippen LogP contribution in [0.1, 0.15) is 104 Å². The molecule has 0 radical (unpaired) electrons. The molecule has 0 bridgehead atoms. The zero-order valence-electron chi connectivity index (χ0n) is 15.0. The topological polar surface area (TPSA) is 12.0 Å². The van der Waals surface area contributed by atoms with Crippen LogP contribution in [0.5, 0.6) is 0 Å². The lowest BCUT2D eigenvalue weighted by Gasteiger charge is -2.19. The van der Waals surface area contributed by atoms with E-state index in [1.807, 2.05) is 0 Å².